The molecule has 0 saturated heterocycles. The van der Waals surface area contributed by atoms with E-state index in [4.69, 9.17) is 11.6 Å². The normalized spacial score (nSPS) is 16.9. The van der Waals surface area contributed by atoms with Crippen LogP contribution in [0.4, 0.5) is 5.69 Å². The quantitative estimate of drug-likeness (QED) is 0.665. The van der Waals surface area contributed by atoms with Crippen LogP contribution >= 0.6 is 11.6 Å². The predicted molar refractivity (Wildman–Crippen MR) is 109 cm³/mol. The molecule has 0 fully saturated rings. The van der Waals surface area contributed by atoms with Crippen molar-refractivity contribution < 1.29 is 18.3 Å². The highest BCUT2D eigenvalue weighted by Crippen LogP contribution is 2.38. The van der Waals surface area contributed by atoms with Crippen molar-refractivity contribution in [1.82, 2.24) is 4.72 Å². The maximum Gasteiger partial charge on any atom is 0.240 e. The summed E-state index contributed by atoms with van der Waals surface area (Å²) in [6.45, 7) is 3.88. The second kappa shape index (κ2) is 7.83. The van der Waals surface area contributed by atoms with Gasteiger partial charge in [0.05, 0.1) is 11.0 Å². The fraction of sp³-hybridized carbons (Fsp3) is 0.350. The van der Waals surface area contributed by atoms with Crippen molar-refractivity contribution >= 4 is 33.2 Å². The Hall–Kier alpha value is -1.93. The molecule has 1 heterocycles. The van der Waals surface area contributed by atoms with Gasteiger partial charge in [0.2, 0.25) is 15.9 Å². The van der Waals surface area contributed by atoms with Crippen LogP contribution in [0.5, 0.6) is 0 Å². The molecular weight excluding hydrogens is 400 g/mol. The van der Waals surface area contributed by atoms with Crippen LogP contribution in [-0.4, -0.2) is 26.0 Å². The molecule has 2 aromatic carbocycles. The lowest BCUT2D eigenvalue weighted by molar-refractivity contribution is -0.117. The summed E-state index contributed by atoms with van der Waals surface area (Å²) in [6, 6.07) is 11.6. The van der Waals surface area contributed by atoms with Crippen molar-refractivity contribution in [1.29, 1.82) is 0 Å². The number of hydrogen-bond acceptors (Lipinski definition) is 4. The van der Waals surface area contributed by atoms with E-state index >= 15 is 0 Å². The highest BCUT2D eigenvalue weighted by atomic mass is 35.5. The SMILES string of the molecule is CC1(C)CC(=O)Nc2ccc(S(=O)(=O)NCCC(O)c3ccccc3Cl)cc21. The lowest BCUT2D eigenvalue weighted by Gasteiger charge is -2.32. The summed E-state index contributed by atoms with van der Waals surface area (Å²) in [6.07, 6.45) is -0.384. The number of hydrogen-bond donors (Lipinski definition) is 3. The molecule has 150 valence electrons. The molecular formula is C20H23ClN2O4S. The van der Waals surface area contributed by atoms with Gasteiger partial charge in [0.25, 0.3) is 0 Å². The lowest BCUT2D eigenvalue weighted by atomic mass is 9.78. The minimum Gasteiger partial charge on any atom is -0.388 e. The second-order valence-electron chi connectivity index (χ2n) is 7.54. The van der Waals surface area contributed by atoms with Gasteiger partial charge in [-0.25, -0.2) is 13.1 Å². The van der Waals surface area contributed by atoms with E-state index in [0.29, 0.717) is 22.7 Å². The third-order valence-corrected chi connectivity index (χ3v) is 6.68. The first kappa shape index (κ1) is 20.8. The van der Waals surface area contributed by atoms with E-state index in [0.717, 1.165) is 5.56 Å². The molecule has 0 saturated carbocycles. The Labute approximate surface area is 170 Å². The summed E-state index contributed by atoms with van der Waals surface area (Å²) in [5, 5.41) is 13.5. The summed E-state index contributed by atoms with van der Waals surface area (Å²) in [7, 11) is -3.75. The highest BCUT2D eigenvalue weighted by Gasteiger charge is 2.33. The summed E-state index contributed by atoms with van der Waals surface area (Å²) in [4.78, 5) is 11.9. The maximum atomic E-state index is 12.7. The van der Waals surface area contributed by atoms with Crippen LogP contribution in [0, 0.1) is 0 Å². The number of aliphatic hydroxyl groups excluding tert-OH is 1. The number of carbonyl (C=O) groups is 1. The van der Waals surface area contributed by atoms with Gasteiger partial charge in [0.1, 0.15) is 0 Å². The Balaban J connectivity index is 1.72. The largest absolute Gasteiger partial charge is 0.388 e. The number of amides is 1. The molecule has 0 spiro atoms. The maximum absolute atomic E-state index is 12.7. The van der Waals surface area contributed by atoms with Gasteiger partial charge in [-0.05, 0) is 41.8 Å². The van der Waals surface area contributed by atoms with Crippen molar-refractivity contribution in [3.63, 3.8) is 0 Å². The van der Waals surface area contributed by atoms with Crippen molar-refractivity contribution in [2.45, 2.75) is 43.1 Å². The first-order valence-electron chi connectivity index (χ1n) is 8.97. The predicted octanol–water partition coefficient (Wildman–Crippen LogP) is 3.36. The van der Waals surface area contributed by atoms with Crippen LogP contribution in [0.3, 0.4) is 0 Å². The molecule has 3 rings (SSSR count). The lowest BCUT2D eigenvalue weighted by Crippen LogP contribution is -2.33. The monoisotopic (exact) mass is 422 g/mol. The number of nitrogens with one attached hydrogen (secondary N) is 2. The van der Waals surface area contributed by atoms with E-state index in [1.54, 1.807) is 36.4 Å². The average molecular weight is 423 g/mol. The van der Waals surface area contributed by atoms with Gasteiger partial charge in [-0.3, -0.25) is 4.79 Å². The molecule has 0 aliphatic carbocycles. The minimum atomic E-state index is -3.75. The Morgan fingerprint density at radius 1 is 1.25 bits per heavy atom. The van der Waals surface area contributed by atoms with Crippen molar-refractivity contribution in [2.75, 3.05) is 11.9 Å². The summed E-state index contributed by atoms with van der Waals surface area (Å²) in [5.41, 5.74) is 1.53. The third-order valence-electron chi connectivity index (χ3n) is 4.88. The van der Waals surface area contributed by atoms with Gasteiger partial charge >= 0.3 is 0 Å². The minimum absolute atomic E-state index is 0.0614. The molecule has 1 aliphatic rings. The summed E-state index contributed by atoms with van der Waals surface area (Å²) < 4.78 is 27.9. The number of sulfonamides is 1. The number of fused-ring (bicyclic) bond motifs is 1. The molecule has 1 unspecified atom stereocenters. The molecule has 2 aromatic rings. The van der Waals surface area contributed by atoms with Crippen molar-refractivity contribution in [3.05, 3.63) is 58.6 Å². The molecule has 1 aliphatic heterocycles. The second-order valence-corrected chi connectivity index (χ2v) is 9.71. The van der Waals surface area contributed by atoms with Gasteiger partial charge in [-0.1, -0.05) is 43.6 Å². The van der Waals surface area contributed by atoms with Crippen molar-refractivity contribution in [2.24, 2.45) is 0 Å². The molecule has 1 amide bonds. The number of benzene rings is 2. The van der Waals surface area contributed by atoms with E-state index in [1.807, 2.05) is 13.8 Å². The fourth-order valence-corrected chi connectivity index (χ4v) is 4.70. The van der Waals surface area contributed by atoms with Crippen molar-refractivity contribution in [3.8, 4) is 0 Å². The smallest absolute Gasteiger partial charge is 0.240 e. The Bertz CT molecular complexity index is 1010. The van der Waals surface area contributed by atoms with Gasteiger partial charge in [0, 0.05) is 29.1 Å². The summed E-state index contributed by atoms with van der Waals surface area (Å²) in [5.74, 6) is -0.0835. The Morgan fingerprint density at radius 2 is 1.96 bits per heavy atom. The van der Waals surface area contributed by atoms with Gasteiger partial charge in [-0.15, -0.1) is 0 Å². The topological polar surface area (TPSA) is 95.5 Å². The van der Waals surface area contributed by atoms with Gasteiger partial charge in [-0.2, -0.15) is 0 Å². The number of carbonyl (C=O) groups excluding carboxylic acids is 1. The Kier molecular flexibility index (Phi) is 5.82. The number of anilines is 1. The van der Waals surface area contributed by atoms with E-state index in [2.05, 4.69) is 10.0 Å². The Morgan fingerprint density at radius 3 is 2.68 bits per heavy atom. The summed E-state index contributed by atoms with van der Waals surface area (Å²) >= 11 is 6.06. The molecule has 0 bridgehead atoms. The molecule has 0 radical (unpaired) electrons. The molecule has 1 atom stereocenters. The zero-order chi connectivity index (χ0) is 20.5. The van der Waals surface area contributed by atoms with E-state index in [9.17, 15) is 18.3 Å². The van der Waals surface area contributed by atoms with Crippen LogP contribution in [0.2, 0.25) is 5.02 Å². The van der Waals surface area contributed by atoms with E-state index in [-0.39, 0.29) is 23.8 Å². The average Bonchev–Trinajstić information content (AvgIpc) is 2.60. The first-order valence-corrected chi connectivity index (χ1v) is 10.8. The molecule has 6 nitrogen and oxygen atoms in total. The molecule has 8 heteroatoms. The fourth-order valence-electron chi connectivity index (χ4n) is 3.36. The van der Waals surface area contributed by atoms with E-state index in [1.165, 1.54) is 6.07 Å². The van der Waals surface area contributed by atoms with Gasteiger partial charge in [0.15, 0.2) is 0 Å². The van der Waals surface area contributed by atoms with Crippen LogP contribution in [0.25, 0.3) is 0 Å². The number of halogens is 1. The number of aliphatic hydroxyl groups is 1. The standard InChI is InChI=1S/C20H23ClN2O4S/c1-20(2)12-19(25)23-17-8-7-13(11-15(17)20)28(26,27)22-10-9-18(24)14-5-3-4-6-16(14)21/h3-8,11,18,22,24H,9-10,12H2,1-2H3,(H,23,25). The van der Waals surface area contributed by atoms with Crippen LogP contribution in [0.15, 0.2) is 47.4 Å². The highest BCUT2D eigenvalue weighted by molar-refractivity contribution is 7.89. The zero-order valence-electron chi connectivity index (χ0n) is 15.7. The van der Waals surface area contributed by atoms with Crippen LogP contribution in [0.1, 0.15) is 43.9 Å². The third kappa shape index (κ3) is 4.38. The zero-order valence-corrected chi connectivity index (χ0v) is 17.3. The molecule has 0 aromatic heterocycles. The van der Waals surface area contributed by atoms with Gasteiger partial charge < -0.3 is 10.4 Å². The number of rotatable bonds is 6. The molecule has 28 heavy (non-hydrogen) atoms. The van der Waals surface area contributed by atoms with Crippen LogP contribution < -0.4 is 10.0 Å². The first-order chi connectivity index (χ1) is 13.1. The van der Waals surface area contributed by atoms with Crippen LogP contribution in [-0.2, 0) is 20.2 Å². The molecule has 3 N–H and O–H groups in total. The van der Waals surface area contributed by atoms with E-state index < -0.39 is 21.5 Å².